The van der Waals surface area contributed by atoms with E-state index in [1.54, 1.807) is 0 Å². The zero-order chi connectivity index (χ0) is 28.9. The molecule has 1 heterocycles. The molecule has 7 rings (SSSR count). The van der Waals surface area contributed by atoms with Gasteiger partial charge in [-0.15, -0.1) is 0 Å². The van der Waals surface area contributed by atoms with Crippen LogP contribution in [0.4, 0.5) is 4.79 Å². The second-order valence-electron chi connectivity index (χ2n) is 12.5. The van der Waals surface area contributed by atoms with E-state index in [0.29, 0.717) is 32.4 Å². The van der Waals surface area contributed by atoms with Gasteiger partial charge < -0.3 is 20.5 Å². The molecule has 8 nitrogen and oxygen atoms in total. The number of hydrogen-bond acceptors (Lipinski definition) is 5. The number of carboxylic acids is 1. The van der Waals surface area contributed by atoms with Gasteiger partial charge in [0.05, 0.1) is 5.41 Å². The number of carbonyl (C=O) groups is 3. The Balaban J connectivity index is 0.947. The molecule has 2 saturated carbocycles. The number of fused-ring (bicyclic) bond motifs is 4. The first-order valence-corrected chi connectivity index (χ1v) is 14.8. The first-order chi connectivity index (χ1) is 20.4. The molecular weight excluding hydrogens is 530 g/mol. The lowest BCUT2D eigenvalue weighted by atomic mass is 9.94. The fraction of sp³-hybridized carbons (Fsp3) is 0.382. The van der Waals surface area contributed by atoms with Crippen molar-refractivity contribution in [2.45, 2.75) is 49.7 Å². The van der Waals surface area contributed by atoms with E-state index in [-0.39, 0.29) is 36.9 Å². The summed E-state index contributed by atoms with van der Waals surface area (Å²) in [5.74, 6) is -1.07. The molecule has 0 spiro atoms. The van der Waals surface area contributed by atoms with Crippen molar-refractivity contribution in [2.24, 2.45) is 11.3 Å². The Hall–Kier alpha value is -4.17. The molecule has 3 fully saturated rings. The third kappa shape index (κ3) is 4.64. The molecule has 3 aromatic carbocycles. The van der Waals surface area contributed by atoms with Crippen molar-refractivity contribution in [1.82, 2.24) is 15.5 Å². The van der Waals surface area contributed by atoms with Crippen molar-refractivity contribution in [3.05, 3.63) is 95.6 Å². The molecule has 3 aliphatic carbocycles. The Morgan fingerprint density at radius 2 is 1.57 bits per heavy atom. The van der Waals surface area contributed by atoms with E-state index in [0.717, 1.165) is 23.1 Å². The van der Waals surface area contributed by atoms with Crippen LogP contribution in [-0.4, -0.2) is 59.3 Å². The number of nitrogens with zero attached hydrogens (tertiary/aromatic N) is 1. The van der Waals surface area contributed by atoms with Crippen LogP contribution in [0.5, 0.6) is 0 Å². The number of carboxylic acid groups (broad SMARTS) is 1. The van der Waals surface area contributed by atoms with Crippen LogP contribution in [0.2, 0.25) is 0 Å². The van der Waals surface area contributed by atoms with Crippen LogP contribution in [0.25, 0.3) is 11.1 Å². The van der Waals surface area contributed by atoms with Gasteiger partial charge in [-0.25, -0.2) is 9.59 Å². The molecule has 3 aromatic rings. The molecule has 2 amide bonds. The number of rotatable bonds is 8. The summed E-state index contributed by atoms with van der Waals surface area (Å²) in [5.41, 5.74) is 3.87. The lowest BCUT2D eigenvalue weighted by molar-refractivity contribution is -0.148. The van der Waals surface area contributed by atoms with Gasteiger partial charge in [0.1, 0.15) is 6.61 Å². The number of likely N-dealkylation sites (tertiary alicyclic amines) is 1. The Kier molecular flexibility index (Phi) is 6.54. The van der Waals surface area contributed by atoms with Crippen LogP contribution in [-0.2, 0) is 20.9 Å². The van der Waals surface area contributed by atoms with Crippen LogP contribution in [0.1, 0.15) is 48.3 Å². The van der Waals surface area contributed by atoms with Crippen LogP contribution >= 0.6 is 0 Å². The summed E-state index contributed by atoms with van der Waals surface area (Å²) >= 11 is 0. The molecular formula is C34H35N3O5. The highest BCUT2D eigenvalue weighted by molar-refractivity contribution is 5.93. The molecule has 1 aliphatic heterocycles. The lowest BCUT2D eigenvalue weighted by Crippen LogP contribution is -2.58. The smallest absolute Gasteiger partial charge is 0.407 e. The molecule has 42 heavy (non-hydrogen) atoms. The molecule has 1 saturated heterocycles. The van der Waals surface area contributed by atoms with Crippen LogP contribution in [0.15, 0.2) is 78.9 Å². The summed E-state index contributed by atoms with van der Waals surface area (Å²) in [6.45, 7) is 1.75. The highest BCUT2D eigenvalue weighted by Gasteiger charge is 2.66. The second-order valence-corrected chi connectivity index (χ2v) is 12.5. The van der Waals surface area contributed by atoms with Gasteiger partial charge in [0.25, 0.3) is 0 Å². The normalized spacial score (nSPS) is 27.5. The summed E-state index contributed by atoms with van der Waals surface area (Å²) in [7, 11) is 0. The maximum atomic E-state index is 13.6. The Morgan fingerprint density at radius 3 is 2.26 bits per heavy atom. The van der Waals surface area contributed by atoms with Crippen LogP contribution in [0, 0.1) is 11.3 Å². The molecule has 0 aromatic heterocycles. The molecule has 8 heteroatoms. The number of carbonyl (C=O) groups excluding carboxylic acids is 2. The van der Waals surface area contributed by atoms with Crippen molar-refractivity contribution >= 4 is 18.0 Å². The molecule has 0 bridgehead atoms. The highest BCUT2D eigenvalue weighted by atomic mass is 16.5. The zero-order valence-electron chi connectivity index (χ0n) is 23.4. The standard InChI is InChI=1S/C34H35N3O5/c38-30(36-34(31(39)40)14-15-37(21-34)19-22-8-2-1-3-9-22)33-17-23(33)16-24(18-33)35-32(41)42-20-29-27-12-6-4-10-25(27)26-11-5-7-13-28(26)29/h1-13,23-24,29H,14-21H2,(H,35,41)(H,36,38)(H,39,40). The highest BCUT2D eigenvalue weighted by Crippen LogP contribution is 2.63. The van der Waals surface area contributed by atoms with Crippen molar-refractivity contribution in [2.75, 3.05) is 19.7 Å². The quantitative estimate of drug-likeness (QED) is 0.370. The maximum Gasteiger partial charge on any atom is 0.407 e. The zero-order valence-corrected chi connectivity index (χ0v) is 23.4. The molecule has 3 N–H and O–H groups in total. The Bertz CT molecular complexity index is 1500. The topological polar surface area (TPSA) is 108 Å². The minimum Gasteiger partial charge on any atom is -0.479 e. The van der Waals surface area contributed by atoms with Gasteiger partial charge in [-0.1, -0.05) is 78.9 Å². The number of alkyl carbamates (subject to hydrolysis) is 1. The van der Waals surface area contributed by atoms with E-state index in [1.165, 1.54) is 11.1 Å². The minimum absolute atomic E-state index is 0.0164. The lowest BCUT2D eigenvalue weighted by Gasteiger charge is -2.29. The first-order valence-electron chi connectivity index (χ1n) is 14.8. The fourth-order valence-corrected chi connectivity index (χ4v) is 7.63. The van der Waals surface area contributed by atoms with Gasteiger partial charge >= 0.3 is 12.1 Å². The van der Waals surface area contributed by atoms with Crippen molar-refractivity contribution in [1.29, 1.82) is 0 Å². The average Bonchev–Trinajstić information content (AvgIpc) is 3.25. The number of nitrogens with one attached hydrogen (secondary N) is 2. The number of aliphatic carboxylic acids is 1. The fourth-order valence-electron chi connectivity index (χ4n) is 7.63. The summed E-state index contributed by atoms with van der Waals surface area (Å²) < 4.78 is 5.73. The van der Waals surface area contributed by atoms with E-state index in [1.807, 2.05) is 54.6 Å². The monoisotopic (exact) mass is 565 g/mol. The van der Waals surface area contributed by atoms with Gasteiger partial charge in [-0.05, 0) is 59.4 Å². The van der Waals surface area contributed by atoms with E-state index >= 15 is 0 Å². The number of benzene rings is 3. The van der Waals surface area contributed by atoms with Crippen LogP contribution in [0.3, 0.4) is 0 Å². The third-order valence-corrected chi connectivity index (χ3v) is 9.89. The second kappa shape index (κ2) is 10.3. The largest absolute Gasteiger partial charge is 0.479 e. The van der Waals surface area contributed by atoms with Gasteiger partial charge in [0, 0.05) is 31.6 Å². The summed E-state index contributed by atoms with van der Waals surface area (Å²) in [6.07, 6.45) is 1.80. The summed E-state index contributed by atoms with van der Waals surface area (Å²) in [6, 6.07) is 26.2. The number of hydrogen-bond donors (Lipinski definition) is 3. The Labute approximate surface area is 245 Å². The average molecular weight is 566 g/mol. The van der Waals surface area contributed by atoms with Gasteiger partial charge in [-0.2, -0.15) is 0 Å². The summed E-state index contributed by atoms with van der Waals surface area (Å²) in [4.78, 5) is 40.9. The Morgan fingerprint density at radius 1 is 0.905 bits per heavy atom. The van der Waals surface area contributed by atoms with E-state index < -0.39 is 23.0 Å². The maximum absolute atomic E-state index is 13.6. The molecule has 4 unspecified atom stereocenters. The predicted octanol–water partition coefficient (Wildman–Crippen LogP) is 4.54. The molecule has 4 atom stereocenters. The number of amides is 2. The van der Waals surface area contributed by atoms with E-state index in [2.05, 4.69) is 39.8 Å². The molecule has 4 aliphatic rings. The van der Waals surface area contributed by atoms with E-state index in [9.17, 15) is 19.5 Å². The third-order valence-electron chi connectivity index (χ3n) is 9.89. The van der Waals surface area contributed by atoms with Gasteiger partial charge in [0.15, 0.2) is 5.54 Å². The van der Waals surface area contributed by atoms with Crippen molar-refractivity contribution < 1.29 is 24.2 Å². The van der Waals surface area contributed by atoms with Crippen molar-refractivity contribution in [3.8, 4) is 11.1 Å². The van der Waals surface area contributed by atoms with Crippen LogP contribution < -0.4 is 10.6 Å². The van der Waals surface area contributed by atoms with Gasteiger partial charge in [-0.3, -0.25) is 9.69 Å². The van der Waals surface area contributed by atoms with E-state index in [4.69, 9.17) is 4.74 Å². The first kappa shape index (κ1) is 26.7. The summed E-state index contributed by atoms with van der Waals surface area (Å²) in [5, 5.41) is 16.1. The SMILES string of the molecule is O=C(NC1CC2CC2(C(=O)NC2(C(=O)O)CCN(Cc3ccccc3)C2)C1)OCC1c2ccccc2-c2ccccc21. The van der Waals surface area contributed by atoms with Crippen molar-refractivity contribution in [3.63, 3.8) is 0 Å². The minimum atomic E-state index is -1.30. The van der Waals surface area contributed by atoms with Gasteiger partial charge in [0.2, 0.25) is 5.91 Å². The predicted molar refractivity (Wildman–Crippen MR) is 157 cm³/mol. The molecule has 0 radical (unpaired) electrons. The number of ether oxygens (including phenoxy) is 1. The molecule has 216 valence electrons.